The molecule has 0 saturated heterocycles. The quantitative estimate of drug-likeness (QED) is 0.249. The van der Waals surface area contributed by atoms with Crippen molar-refractivity contribution in [3.63, 3.8) is 0 Å². The van der Waals surface area contributed by atoms with Crippen LogP contribution >= 0.6 is 7.81 Å². The van der Waals surface area contributed by atoms with Crippen LogP contribution in [0.3, 0.4) is 0 Å². The zero-order valence-electron chi connectivity index (χ0n) is 14.6. The fourth-order valence-electron chi connectivity index (χ4n) is 0.908. The molecule has 1 N–H and O–H groups in total. The van der Waals surface area contributed by atoms with Gasteiger partial charge in [0.15, 0.2) is 6.21 Å². The molecule has 4 nitrogen and oxygen atoms in total. The van der Waals surface area contributed by atoms with Gasteiger partial charge >= 0.3 is 51.3 Å². The fourth-order valence-corrected chi connectivity index (χ4v) is 0.908. The van der Waals surface area contributed by atoms with Gasteiger partial charge in [0, 0.05) is 20.3 Å². The van der Waals surface area contributed by atoms with Crippen LogP contribution in [0, 0.1) is 0 Å². The van der Waals surface area contributed by atoms with Gasteiger partial charge in [-0.15, -0.1) is 0 Å². The Bertz CT molecular complexity index is 557. The van der Waals surface area contributed by atoms with Crippen molar-refractivity contribution in [2.45, 2.75) is 18.8 Å². The van der Waals surface area contributed by atoms with Crippen LogP contribution < -0.4 is 0 Å². The Labute approximate surface area is 151 Å². The van der Waals surface area contributed by atoms with Crippen LogP contribution in [0.2, 0.25) is 0 Å². The molecule has 28 heavy (non-hydrogen) atoms. The molecule has 17 heteroatoms. The fraction of sp³-hybridized carbons (Fsp3) is 0.636. The summed E-state index contributed by atoms with van der Waals surface area (Å²) in [5.74, 6) is -1.85. The minimum atomic E-state index is -10.7. The van der Waals surface area contributed by atoms with Gasteiger partial charge in [0.05, 0.1) is 0 Å². The number of halogens is 12. The number of aliphatic carboxylic acids is 1. The molecule has 0 aromatic carbocycles. The average molecular weight is 468 g/mol. The Morgan fingerprint density at radius 2 is 1.29 bits per heavy atom. The van der Waals surface area contributed by atoms with E-state index >= 15 is 0 Å². The normalized spacial score (nSPS) is 14.9. The zero-order chi connectivity index (χ0) is 23.8. The van der Waals surface area contributed by atoms with E-state index in [1.54, 1.807) is 28.2 Å². The van der Waals surface area contributed by atoms with E-state index in [0.29, 0.717) is 0 Å². The summed E-state index contributed by atoms with van der Waals surface area (Å²) in [6.07, 6.45) is -8.55. The van der Waals surface area contributed by atoms with Crippen molar-refractivity contribution in [2.75, 3.05) is 28.2 Å². The van der Waals surface area contributed by atoms with Gasteiger partial charge in [-0.2, -0.15) is 26.3 Å². The monoisotopic (exact) mass is 468 g/mol. The molecule has 0 heterocycles. The number of rotatable bonds is 3. The largest absolute Gasteiger partial charge is 0.481 e. The molecular formula is C11H17F12N2O2P. The van der Waals surface area contributed by atoms with Gasteiger partial charge in [0.25, 0.3) is 0 Å². The Morgan fingerprint density at radius 3 is 1.39 bits per heavy atom. The van der Waals surface area contributed by atoms with Crippen molar-refractivity contribution in [1.82, 2.24) is 4.90 Å². The van der Waals surface area contributed by atoms with Crippen molar-refractivity contribution in [2.24, 2.45) is 0 Å². The molecule has 0 aromatic heterocycles. The smallest absolute Gasteiger partial charge is 0.399 e. The van der Waals surface area contributed by atoms with E-state index in [0.717, 1.165) is 12.4 Å². The maximum absolute atomic E-state index is 12.3. The molecule has 0 amide bonds. The maximum Gasteiger partial charge on any atom is 0.399 e. The molecule has 0 saturated carbocycles. The van der Waals surface area contributed by atoms with Crippen LogP contribution in [0.4, 0.5) is 51.5 Å². The van der Waals surface area contributed by atoms with Gasteiger partial charge in [-0.3, -0.25) is 4.79 Å². The molecule has 0 unspecified atom stereocenters. The summed E-state index contributed by atoms with van der Waals surface area (Å²) in [7, 11) is -4.45. The van der Waals surface area contributed by atoms with Crippen molar-refractivity contribution in [1.29, 1.82) is 0 Å². The summed E-state index contributed by atoms with van der Waals surface area (Å²) in [6, 6.07) is 0. The molecule has 0 aliphatic heterocycles. The molecule has 0 bridgehead atoms. The first-order valence-corrected chi connectivity index (χ1v) is 8.44. The third kappa shape index (κ3) is 44.1. The van der Waals surface area contributed by atoms with Crippen LogP contribution in [0.1, 0.15) is 6.42 Å². The topological polar surface area (TPSA) is 43.5 Å². The van der Waals surface area contributed by atoms with E-state index in [2.05, 4.69) is 0 Å². The Morgan fingerprint density at radius 1 is 0.964 bits per heavy atom. The van der Waals surface area contributed by atoms with Crippen molar-refractivity contribution in [3.05, 3.63) is 11.8 Å². The third-order valence-corrected chi connectivity index (χ3v) is 1.47. The molecule has 0 fully saturated rings. The summed E-state index contributed by atoms with van der Waals surface area (Å²) in [5, 5.41) is 7.53. The molecule has 0 aliphatic rings. The van der Waals surface area contributed by atoms with Crippen LogP contribution in [0.25, 0.3) is 0 Å². The van der Waals surface area contributed by atoms with Crippen molar-refractivity contribution >= 4 is 20.0 Å². The van der Waals surface area contributed by atoms with Crippen LogP contribution in [0.5, 0.6) is 0 Å². The van der Waals surface area contributed by atoms with Gasteiger partial charge in [-0.05, 0) is 0 Å². The van der Waals surface area contributed by atoms with E-state index in [1.807, 2.05) is 0 Å². The number of alkyl halides is 6. The van der Waals surface area contributed by atoms with Crippen LogP contribution in [-0.2, 0) is 4.79 Å². The number of carboxylic acid groups (broad SMARTS) is 1. The second-order valence-corrected chi connectivity index (χ2v) is 7.20. The maximum atomic E-state index is 12.3. The van der Waals surface area contributed by atoms with E-state index in [-0.39, 0.29) is 0 Å². The van der Waals surface area contributed by atoms with Gasteiger partial charge in [-0.1, -0.05) is 0 Å². The van der Waals surface area contributed by atoms with E-state index < -0.39 is 38.1 Å². The molecule has 172 valence electrons. The predicted molar refractivity (Wildman–Crippen MR) is 77.9 cm³/mol. The molecular weight excluding hydrogens is 451 g/mol. The third-order valence-electron chi connectivity index (χ3n) is 1.47. The van der Waals surface area contributed by atoms with Gasteiger partial charge in [0.2, 0.25) is 0 Å². The first kappa shape index (κ1) is 31.0. The van der Waals surface area contributed by atoms with Crippen LogP contribution in [-0.4, -0.2) is 67.3 Å². The van der Waals surface area contributed by atoms with Crippen LogP contribution in [0.15, 0.2) is 11.8 Å². The number of allylic oxidation sites excluding steroid dienone is 1. The molecule has 0 spiro atoms. The first-order chi connectivity index (χ1) is 11.6. The second-order valence-electron chi connectivity index (χ2n) is 5.28. The Kier molecular flexibility index (Phi) is 10.2. The molecule has 0 atom stereocenters. The van der Waals surface area contributed by atoms with Crippen molar-refractivity contribution in [3.8, 4) is 0 Å². The minimum Gasteiger partial charge on any atom is -0.481 e. The van der Waals surface area contributed by atoms with E-state index in [4.69, 9.17) is 5.11 Å². The minimum absolute atomic E-state index is 0.664. The molecule has 0 rings (SSSR count). The average Bonchev–Trinajstić information content (AvgIpc) is 2.17. The summed E-state index contributed by atoms with van der Waals surface area (Å²) in [5.41, 5.74) is -0.664. The zero-order valence-corrected chi connectivity index (χ0v) is 15.5. The summed E-state index contributed by atoms with van der Waals surface area (Å²) in [4.78, 5) is 10.7. The molecule has 0 aromatic rings. The SMILES string of the molecule is CN(C)/C=C(/C=[N+](C)C)C(F)(F)F.F[P-](F)(F)(F)(F)F.O=C(O)CC(F)(F)F. The Balaban J connectivity index is -0.000000359. The summed E-state index contributed by atoms with van der Waals surface area (Å²) in [6.45, 7) is 0. The number of nitrogens with zero attached hydrogens (tertiary/aromatic N) is 2. The molecule has 0 radical (unpaired) electrons. The van der Waals surface area contributed by atoms with Gasteiger partial charge in [-0.25, -0.2) is 4.58 Å². The van der Waals surface area contributed by atoms with E-state index in [1.165, 1.54) is 9.48 Å². The Hall–Kier alpha value is -1.73. The molecule has 0 aliphatic carbocycles. The number of hydrogen-bond acceptors (Lipinski definition) is 2. The standard InChI is InChI=1S/C8H14F3N2.C3H3F3O2.F6P/c1-12(2)5-7(6-13(3)4)8(9,10)11;4-3(5,6)1-2(7)8;1-7(2,3,4,5)6/h5-6H,1-4H3;1H2,(H,7,8);/q+1;;-1. The number of hydrogen-bond donors (Lipinski definition) is 1. The summed E-state index contributed by atoms with van der Waals surface area (Å²) >= 11 is 0. The number of carboxylic acids is 1. The van der Waals surface area contributed by atoms with Gasteiger partial charge < -0.3 is 10.0 Å². The van der Waals surface area contributed by atoms with Crippen molar-refractivity contribution < 1.29 is 66.0 Å². The summed E-state index contributed by atoms with van der Waals surface area (Å²) < 4.78 is 130. The first-order valence-electron chi connectivity index (χ1n) is 6.42. The second kappa shape index (κ2) is 9.18. The van der Waals surface area contributed by atoms with E-state index in [9.17, 15) is 56.3 Å². The predicted octanol–water partition coefficient (Wildman–Crippen LogP) is 5.74. The number of carbonyl (C=O) groups is 1. The van der Waals surface area contributed by atoms with Gasteiger partial charge in [0.1, 0.15) is 26.1 Å².